The molecule has 0 saturated carbocycles. The molecule has 1 saturated heterocycles. The van der Waals surface area contributed by atoms with Crippen molar-refractivity contribution in [2.75, 3.05) is 18.0 Å². The van der Waals surface area contributed by atoms with Gasteiger partial charge in [0.25, 0.3) is 0 Å². The fourth-order valence-electron chi connectivity index (χ4n) is 2.65. The summed E-state index contributed by atoms with van der Waals surface area (Å²) in [5.74, 6) is -0.660. The number of nitrogens with zero attached hydrogens (tertiary/aromatic N) is 1. The second-order valence-corrected chi connectivity index (χ2v) is 5.28. The maximum atomic E-state index is 14.1. The first-order valence-electron chi connectivity index (χ1n) is 7.02. The van der Waals surface area contributed by atoms with Crippen molar-refractivity contribution in [3.8, 4) is 0 Å². The van der Waals surface area contributed by atoms with Gasteiger partial charge in [0.2, 0.25) is 0 Å². The molecule has 1 heterocycles. The molecular weight excluding hydrogens is 246 g/mol. The highest BCUT2D eigenvalue weighted by atomic mass is 19.1. The van der Waals surface area contributed by atoms with Gasteiger partial charge in [0.15, 0.2) is 0 Å². The third-order valence-corrected chi connectivity index (χ3v) is 4.00. The van der Waals surface area contributed by atoms with E-state index < -0.39 is 0 Å². The normalized spacial score (nSPS) is 23.7. The Morgan fingerprint density at radius 3 is 2.58 bits per heavy atom. The number of hydrogen-bond donors (Lipinski definition) is 1. The molecule has 19 heavy (non-hydrogen) atoms. The van der Waals surface area contributed by atoms with Crippen molar-refractivity contribution in [3.05, 3.63) is 29.3 Å². The lowest BCUT2D eigenvalue weighted by Gasteiger charge is -2.41. The van der Waals surface area contributed by atoms with Gasteiger partial charge in [-0.15, -0.1) is 0 Å². The fourth-order valence-corrected chi connectivity index (χ4v) is 2.65. The van der Waals surface area contributed by atoms with E-state index in [2.05, 4.69) is 19.2 Å². The molecule has 0 spiro atoms. The summed E-state index contributed by atoms with van der Waals surface area (Å²) in [6.45, 7) is 7.33. The topological polar surface area (TPSA) is 15.3 Å². The average molecular weight is 268 g/mol. The number of benzene rings is 1. The number of piperazine rings is 1. The largest absolute Gasteiger partial charge is 0.363 e. The minimum absolute atomic E-state index is 0.222. The minimum Gasteiger partial charge on any atom is -0.363 e. The van der Waals surface area contributed by atoms with Crippen LogP contribution in [0, 0.1) is 18.6 Å². The van der Waals surface area contributed by atoms with E-state index >= 15 is 0 Å². The molecule has 1 aliphatic heterocycles. The van der Waals surface area contributed by atoms with Gasteiger partial charge in [0, 0.05) is 31.2 Å². The second-order valence-electron chi connectivity index (χ2n) is 5.28. The molecule has 1 aliphatic rings. The van der Waals surface area contributed by atoms with Gasteiger partial charge in [-0.2, -0.15) is 0 Å². The molecule has 1 aromatic carbocycles. The maximum absolute atomic E-state index is 14.1. The highest BCUT2D eigenvalue weighted by Crippen LogP contribution is 2.27. The van der Waals surface area contributed by atoms with Crippen molar-refractivity contribution in [1.82, 2.24) is 5.32 Å². The summed E-state index contributed by atoms with van der Waals surface area (Å²) in [4.78, 5) is 2.02. The van der Waals surface area contributed by atoms with Crippen LogP contribution in [0.15, 0.2) is 12.1 Å². The zero-order valence-electron chi connectivity index (χ0n) is 11.8. The maximum Gasteiger partial charge on any atom is 0.146 e. The molecule has 1 fully saturated rings. The molecule has 0 radical (unpaired) electrons. The number of aryl methyl sites for hydroxylation is 1. The molecule has 2 nitrogen and oxygen atoms in total. The fraction of sp³-hybridized carbons (Fsp3) is 0.600. The Kier molecular flexibility index (Phi) is 4.40. The van der Waals surface area contributed by atoms with Crippen LogP contribution >= 0.6 is 0 Å². The van der Waals surface area contributed by atoms with Crippen LogP contribution < -0.4 is 10.2 Å². The van der Waals surface area contributed by atoms with Crippen LogP contribution in [0.1, 0.15) is 32.3 Å². The van der Waals surface area contributed by atoms with E-state index in [0.717, 1.165) is 25.9 Å². The summed E-state index contributed by atoms with van der Waals surface area (Å²) in [6.07, 6.45) is 1.90. The van der Waals surface area contributed by atoms with Gasteiger partial charge in [0.05, 0.1) is 5.69 Å². The van der Waals surface area contributed by atoms with Crippen LogP contribution in [0.5, 0.6) is 0 Å². The van der Waals surface area contributed by atoms with Crippen molar-refractivity contribution < 1.29 is 8.78 Å². The molecule has 4 heteroatoms. The molecule has 0 bridgehead atoms. The molecule has 1 N–H and O–H groups in total. The SMILES string of the molecule is CCC1CN(c2cc(F)c(C)cc2F)C(CC)CN1. The lowest BCUT2D eigenvalue weighted by atomic mass is 10.0. The van der Waals surface area contributed by atoms with Gasteiger partial charge >= 0.3 is 0 Å². The van der Waals surface area contributed by atoms with E-state index in [1.165, 1.54) is 12.1 Å². The molecular formula is C15H22F2N2. The summed E-state index contributed by atoms with van der Waals surface area (Å²) in [6, 6.07) is 3.19. The second kappa shape index (κ2) is 5.87. The summed E-state index contributed by atoms with van der Waals surface area (Å²) in [5.41, 5.74) is 0.756. The Labute approximate surface area is 113 Å². The van der Waals surface area contributed by atoms with Gasteiger partial charge < -0.3 is 10.2 Å². The monoisotopic (exact) mass is 268 g/mol. The first kappa shape index (κ1) is 14.3. The Morgan fingerprint density at radius 1 is 1.21 bits per heavy atom. The van der Waals surface area contributed by atoms with E-state index in [4.69, 9.17) is 0 Å². The lowest BCUT2D eigenvalue weighted by molar-refractivity contribution is 0.375. The zero-order valence-corrected chi connectivity index (χ0v) is 11.8. The number of rotatable bonds is 3. The molecule has 106 valence electrons. The molecule has 2 rings (SSSR count). The Morgan fingerprint density at radius 2 is 1.95 bits per heavy atom. The summed E-state index contributed by atoms with van der Waals surface area (Å²) in [5, 5.41) is 3.46. The Bertz CT molecular complexity index is 448. The molecule has 0 aliphatic carbocycles. The first-order valence-corrected chi connectivity index (χ1v) is 7.02. The zero-order chi connectivity index (χ0) is 14.0. The summed E-state index contributed by atoms with van der Waals surface area (Å²) in [7, 11) is 0. The van der Waals surface area contributed by atoms with Gasteiger partial charge in [-0.25, -0.2) is 8.78 Å². The molecule has 2 atom stereocenters. The van der Waals surface area contributed by atoms with E-state index in [0.29, 0.717) is 17.3 Å². The molecule has 0 amide bonds. The highest BCUT2D eigenvalue weighted by molar-refractivity contribution is 5.51. The Hall–Kier alpha value is -1.16. The van der Waals surface area contributed by atoms with Gasteiger partial charge in [-0.3, -0.25) is 0 Å². The predicted molar refractivity (Wildman–Crippen MR) is 74.6 cm³/mol. The van der Waals surface area contributed by atoms with Crippen LogP contribution in [0.3, 0.4) is 0 Å². The van der Waals surface area contributed by atoms with E-state index in [1.54, 1.807) is 6.92 Å². The Balaban J connectivity index is 2.33. The van der Waals surface area contributed by atoms with E-state index in [-0.39, 0.29) is 17.7 Å². The number of halogens is 2. The molecule has 2 unspecified atom stereocenters. The smallest absolute Gasteiger partial charge is 0.146 e. The van der Waals surface area contributed by atoms with Gasteiger partial charge in [0.1, 0.15) is 11.6 Å². The minimum atomic E-state index is -0.335. The van der Waals surface area contributed by atoms with E-state index in [1.807, 2.05) is 4.90 Å². The van der Waals surface area contributed by atoms with Crippen molar-refractivity contribution in [2.24, 2.45) is 0 Å². The number of anilines is 1. The first-order chi connectivity index (χ1) is 9.06. The predicted octanol–water partition coefficient (Wildman–Crippen LogP) is 3.24. The third kappa shape index (κ3) is 2.89. The molecule has 1 aromatic rings. The number of hydrogen-bond acceptors (Lipinski definition) is 2. The van der Waals surface area contributed by atoms with Crippen molar-refractivity contribution in [1.29, 1.82) is 0 Å². The third-order valence-electron chi connectivity index (χ3n) is 4.00. The van der Waals surface area contributed by atoms with Gasteiger partial charge in [-0.05, 0) is 31.4 Å². The standard InChI is InChI=1S/C15H22F2N2/c1-4-11-9-19(12(5-2)8-18-11)15-7-13(16)10(3)6-14(15)17/h6-7,11-12,18H,4-5,8-9H2,1-3H3. The average Bonchev–Trinajstić information content (AvgIpc) is 2.42. The van der Waals surface area contributed by atoms with Crippen LogP contribution in [-0.4, -0.2) is 25.2 Å². The van der Waals surface area contributed by atoms with Crippen LogP contribution in [0.2, 0.25) is 0 Å². The summed E-state index contributed by atoms with van der Waals surface area (Å²) < 4.78 is 27.8. The van der Waals surface area contributed by atoms with Gasteiger partial charge in [-0.1, -0.05) is 13.8 Å². The van der Waals surface area contributed by atoms with Crippen LogP contribution in [-0.2, 0) is 0 Å². The van der Waals surface area contributed by atoms with Crippen molar-refractivity contribution in [2.45, 2.75) is 45.7 Å². The lowest BCUT2D eigenvalue weighted by Crippen LogP contribution is -2.56. The quantitative estimate of drug-likeness (QED) is 0.905. The van der Waals surface area contributed by atoms with Crippen LogP contribution in [0.4, 0.5) is 14.5 Å². The van der Waals surface area contributed by atoms with Crippen molar-refractivity contribution in [3.63, 3.8) is 0 Å². The summed E-state index contributed by atoms with van der Waals surface area (Å²) >= 11 is 0. The number of nitrogens with one attached hydrogen (secondary N) is 1. The van der Waals surface area contributed by atoms with E-state index in [9.17, 15) is 8.78 Å². The highest BCUT2D eigenvalue weighted by Gasteiger charge is 2.28. The molecule has 0 aromatic heterocycles. The van der Waals surface area contributed by atoms with Crippen LogP contribution in [0.25, 0.3) is 0 Å². The van der Waals surface area contributed by atoms with Crippen molar-refractivity contribution >= 4 is 5.69 Å².